The number of hydrogen-bond acceptors (Lipinski definition) is 5. The van der Waals surface area contributed by atoms with E-state index in [2.05, 4.69) is 5.32 Å². The molecule has 0 spiro atoms. The van der Waals surface area contributed by atoms with Crippen molar-refractivity contribution in [1.82, 2.24) is 0 Å². The molecule has 1 aliphatic heterocycles. The van der Waals surface area contributed by atoms with Gasteiger partial charge >= 0.3 is 0 Å². The Hall–Kier alpha value is -3.28. The van der Waals surface area contributed by atoms with Gasteiger partial charge in [-0.05, 0) is 18.2 Å². The van der Waals surface area contributed by atoms with E-state index in [0.29, 0.717) is 0 Å². The predicted molar refractivity (Wildman–Crippen MR) is 92.0 cm³/mol. The summed E-state index contributed by atoms with van der Waals surface area (Å²) < 4.78 is 5.99. The average molecular weight is 321 g/mol. The minimum atomic E-state index is -0.387. The van der Waals surface area contributed by atoms with Crippen molar-refractivity contribution in [3.63, 3.8) is 0 Å². The van der Waals surface area contributed by atoms with Crippen molar-refractivity contribution in [2.75, 3.05) is 17.3 Å². The Morgan fingerprint density at radius 3 is 2.67 bits per heavy atom. The molecule has 0 saturated heterocycles. The summed E-state index contributed by atoms with van der Waals surface area (Å²) in [6.45, 7) is 0. The van der Waals surface area contributed by atoms with E-state index >= 15 is 0 Å². The lowest BCUT2D eigenvalue weighted by molar-refractivity contribution is -0.384. The molecule has 0 bridgehead atoms. The van der Waals surface area contributed by atoms with Gasteiger partial charge in [0.2, 0.25) is 0 Å². The van der Waals surface area contributed by atoms with E-state index in [4.69, 9.17) is 4.42 Å². The first-order valence-corrected chi connectivity index (χ1v) is 7.56. The van der Waals surface area contributed by atoms with E-state index in [1.54, 1.807) is 12.1 Å². The Labute approximate surface area is 138 Å². The summed E-state index contributed by atoms with van der Waals surface area (Å²) in [6, 6.07) is 18.5. The highest BCUT2D eigenvalue weighted by Crippen LogP contribution is 2.42. The van der Waals surface area contributed by atoms with Crippen LogP contribution in [0.5, 0.6) is 0 Å². The number of non-ortho nitro benzene ring substituents is 1. The molecule has 1 atom stereocenters. The lowest BCUT2D eigenvalue weighted by Gasteiger charge is -2.19. The largest absolute Gasteiger partial charge is 0.457 e. The van der Waals surface area contributed by atoms with Crippen molar-refractivity contribution in [1.29, 1.82) is 0 Å². The molecule has 1 N–H and O–H groups in total. The standard InChI is InChI=1S/C18H15N3O3/c1-20-15-11-13(21(22)23)7-8-14(15)19-18(20)17-10-9-16(24-17)12-5-3-2-4-6-12/h2-11,18-19H,1H3. The van der Waals surface area contributed by atoms with E-state index in [9.17, 15) is 10.1 Å². The van der Waals surface area contributed by atoms with E-state index < -0.39 is 0 Å². The molecular formula is C18H15N3O3. The first-order valence-electron chi connectivity index (χ1n) is 7.56. The molecule has 4 rings (SSSR count). The average Bonchev–Trinajstić information content (AvgIpc) is 3.20. The van der Waals surface area contributed by atoms with Gasteiger partial charge in [-0.2, -0.15) is 0 Å². The predicted octanol–water partition coefficient (Wildman–Crippen LogP) is 4.42. The van der Waals surface area contributed by atoms with Gasteiger partial charge in [0.05, 0.1) is 16.3 Å². The van der Waals surface area contributed by atoms with Crippen LogP contribution in [0.4, 0.5) is 17.1 Å². The summed E-state index contributed by atoms with van der Waals surface area (Å²) in [5.41, 5.74) is 2.72. The topological polar surface area (TPSA) is 71.5 Å². The van der Waals surface area contributed by atoms with E-state index in [0.717, 1.165) is 28.5 Å². The highest BCUT2D eigenvalue weighted by molar-refractivity contribution is 5.78. The molecule has 3 aromatic rings. The van der Waals surface area contributed by atoms with Crippen molar-refractivity contribution >= 4 is 17.1 Å². The van der Waals surface area contributed by atoms with Crippen molar-refractivity contribution in [2.24, 2.45) is 0 Å². The molecule has 1 unspecified atom stereocenters. The van der Waals surface area contributed by atoms with Gasteiger partial charge in [0, 0.05) is 24.7 Å². The van der Waals surface area contributed by atoms with Gasteiger partial charge in [-0.15, -0.1) is 0 Å². The normalized spacial score (nSPS) is 15.9. The lowest BCUT2D eigenvalue weighted by atomic mass is 10.2. The Bertz CT molecular complexity index is 905. The van der Waals surface area contributed by atoms with Crippen LogP contribution >= 0.6 is 0 Å². The van der Waals surface area contributed by atoms with Crippen LogP contribution in [0, 0.1) is 10.1 Å². The first-order chi connectivity index (χ1) is 11.6. The van der Waals surface area contributed by atoms with Gasteiger partial charge in [-0.25, -0.2) is 0 Å². The first kappa shape index (κ1) is 14.3. The van der Waals surface area contributed by atoms with Gasteiger partial charge < -0.3 is 14.6 Å². The van der Waals surface area contributed by atoms with Crippen LogP contribution in [-0.4, -0.2) is 12.0 Å². The van der Waals surface area contributed by atoms with Crippen molar-refractivity contribution in [3.8, 4) is 11.3 Å². The van der Waals surface area contributed by atoms with E-state index in [1.165, 1.54) is 6.07 Å². The van der Waals surface area contributed by atoms with Gasteiger partial charge in [-0.1, -0.05) is 30.3 Å². The van der Waals surface area contributed by atoms with Crippen LogP contribution < -0.4 is 10.2 Å². The van der Waals surface area contributed by atoms with Crippen LogP contribution in [0.3, 0.4) is 0 Å². The molecule has 1 aromatic heterocycles. The third-order valence-corrected chi connectivity index (χ3v) is 4.21. The SMILES string of the molecule is CN1c2cc([N+](=O)[O-])ccc2NC1c1ccc(-c2ccccc2)o1. The number of fused-ring (bicyclic) bond motifs is 1. The maximum absolute atomic E-state index is 11.0. The molecule has 6 heteroatoms. The van der Waals surface area contributed by atoms with Gasteiger partial charge in [0.15, 0.2) is 6.17 Å². The summed E-state index contributed by atoms with van der Waals surface area (Å²) in [4.78, 5) is 12.5. The Balaban J connectivity index is 1.65. The number of nitrogens with zero attached hydrogens (tertiary/aromatic N) is 2. The molecule has 120 valence electrons. The molecule has 0 fully saturated rings. The smallest absolute Gasteiger partial charge is 0.271 e. The Morgan fingerprint density at radius 2 is 1.92 bits per heavy atom. The molecular weight excluding hydrogens is 306 g/mol. The molecule has 0 saturated carbocycles. The number of rotatable bonds is 3. The van der Waals surface area contributed by atoms with Crippen molar-refractivity contribution < 1.29 is 9.34 Å². The van der Waals surface area contributed by atoms with Crippen molar-refractivity contribution in [2.45, 2.75) is 6.17 Å². The van der Waals surface area contributed by atoms with Crippen LogP contribution in [0.2, 0.25) is 0 Å². The molecule has 0 radical (unpaired) electrons. The third-order valence-electron chi connectivity index (χ3n) is 4.21. The number of anilines is 2. The zero-order chi connectivity index (χ0) is 16.7. The van der Waals surface area contributed by atoms with E-state index in [-0.39, 0.29) is 16.8 Å². The second kappa shape index (κ2) is 5.42. The number of hydrogen-bond donors (Lipinski definition) is 1. The summed E-state index contributed by atoms with van der Waals surface area (Å²) in [5, 5.41) is 14.3. The molecule has 6 nitrogen and oxygen atoms in total. The Kier molecular flexibility index (Phi) is 3.23. The van der Waals surface area contributed by atoms with E-state index in [1.807, 2.05) is 54.4 Å². The lowest BCUT2D eigenvalue weighted by Crippen LogP contribution is -2.22. The second-order valence-corrected chi connectivity index (χ2v) is 5.68. The highest BCUT2D eigenvalue weighted by atomic mass is 16.6. The summed E-state index contributed by atoms with van der Waals surface area (Å²) >= 11 is 0. The molecule has 0 aliphatic carbocycles. The fourth-order valence-corrected chi connectivity index (χ4v) is 2.95. The number of nitro benzene ring substituents is 1. The number of nitro groups is 1. The zero-order valence-corrected chi connectivity index (χ0v) is 13.0. The minimum Gasteiger partial charge on any atom is -0.457 e. The summed E-state index contributed by atoms with van der Waals surface area (Å²) in [5.74, 6) is 1.55. The number of benzene rings is 2. The van der Waals surface area contributed by atoms with Crippen molar-refractivity contribution in [3.05, 3.63) is 76.5 Å². The highest BCUT2D eigenvalue weighted by Gasteiger charge is 2.30. The third kappa shape index (κ3) is 2.28. The van der Waals surface area contributed by atoms with Crippen LogP contribution in [0.1, 0.15) is 11.9 Å². The number of nitrogens with one attached hydrogen (secondary N) is 1. The number of furan rings is 1. The summed E-state index contributed by atoms with van der Waals surface area (Å²) in [6.07, 6.45) is -0.195. The monoisotopic (exact) mass is 321 g/mol. The minimum absolute atomic E-state index is 0.0764. The zero-order valence-electron chi connectivity index (χ0n) is 13.0. The quantitative estimate of drug-likeness (QED) is 0.571. The molecule has 2 aromatic carbocycles. The molecule has 24 heavy (non-hydrogen) atoms. The maximum atomic E-state index is 11.0. The van der Waals surface area contributed by atoms with Crippen LogP contribution in [0.15, 0.2) is 65.1 Å². The molecule has 2 heterocycles. The summed E-state index contributed by atoms with van der Waals surface area (Å²) in [7, 11) is 1.89. The van der Waals surface area contributed by atoms with Crippen LogP contribution in [0.25, 0.3) is 11.3 Å². The van der Waals surface area contributed by atoms with Gasteiger partial charge in [0.1, 0.15) is 11.5 Å². The van der Waals surface area contributed by atoms with Crippen LogP contribution in [-0.2, 0) is 0 Å². The molecule has 0 amide bonds. The van der Waals surface area contributed by atoms with Gasteiger partial charge in [0.25, 0.3) is 5.69 Å². The molecule has 1 aliphatic rings. The second-order valence-electron chi connectivity index (χ2n) is 5.68. The Morgan fingerprint density at radius 1 is 1.12 bits per heavy atom. The maximum Gasteiger partial charge on any atom is 0.271 e. The fraction of sp³-hybridized carbons (Fsp3) is 0.111. The fourth-order valence-electron chi connectivity index (χ4n) is 2.95. The van der Waals surface area contributed by atoms with Gasteiger partial charge in [-0.3, -0.25) is 10.1 Å².